The van der Waals surface area contributed by atoms with Gasteiger partial charge >= 0.3 is 0 Å². The summed E-state index contributed by atoms with van der Waals surface area (Å²) in [7, 11) is 2.08. The Morgan fingerprint density at radius 2 is 1.96 bits per heavy atom. The van der Waals surface area contributed by atoms with E-state index in [4.69, 9.17) is 5.41 Å². The molecule has 1 saturated carbocycles. The van der Waals surface area contributed by atoms with Crippen LogP contribution >= 0.6 is 11.3 Å². The Bertz CT molecular complexity index is 1710. The van der Waals surface area contributed by atoms with E-state index in [9.17, 15) is 23.1 Å². The van der Waals surface area contributed by atoms with E-state index in [1.54, 1.807) is 23.1 Å². The van der Waals surface area contributed by atoms with E-state index < -0.39 is 24.5 Å². The van der Waals surface area contributed by atoms with Crippen molar-refractivity contribution in [2.45, 2.75) is 82.9 Å². The molecule has 2 aromatic heterocycles. The summed E-state index contributed by atoms with van der Waals surface area (Å²) in [5.74, 6) is -0.537. The van der Waals surface area contributed by atoms with Crippen molar-refractivity contribution in [2.24, 2.45) is 0 Å². The van der Waals surface area contributed by atoms with Gasteiger partial charge in [0.05, 0.1) is 30.4 Å². The number of aliphatic hydroxyl groups is 1. The largest absolute Gasteiger partial charge is 0.393 e. The van der Waals surface area contributed by atoms with Gasteiger partial charge in [-0.25, -0.2) is 23.1 Å². The topological polar surface area (TPSA) is 119 Å². The van der Waals surface area contributed by atoms with Crippen molar-refractivity contribution in [3.63, 3.8) is 0 Å². The zero-order chi connectivity index (χ0) is 33.2. The Morgan fingerprint density at radius 3 is 2.64 bits per heavy atom. The highest BCUT2D eigenvalue weighted by Crippen LogP contribution is 2.35. The van der Waals surface area contributed by atoms with Gasteiger partial charge in [0, 0.05) is 53.6 Å². The maximum Gasteiger partial charge on any atom is 0.264 e. The molecule has 3 heterocycles. The van der Waals surface area contributed by atoms with Gasteiger partial charge in [-0.05, 0) is 68.0 Å². The number of aromatic nitrogens is 3. The van der Waals surface area contributed by atoms with E-state index in [1.807, 2.05) is 24.3 Å². The average molecular weight is 666 g/mol. The van der Waals surface area contributed by atoms with Crippen molar-refractivity contribution in [1.29, 1.82) is 5.41 Å². The van der Waals surface area contributed by atoms with E-state index in [2.05, 4.69) is 32.5 Å². The number of aliphatic hydroxyl groups excluding tert-OH is 1. The zero-order valence-corrected chi connectivity index (χ0v) is 27.0. The van der Waals surface area contributed by atoms with Crippen LogP contribution in [-0.4, -0.2) is 68.0 Å². The number of nitrogens with zero attached hydrogens (tertiary/aromatic N) is 4. The number of thiazole rings is 1. The molecule has 0 bridgehead atoms. The molecule has 1 amide bonds. The second kappa shape index (κ2) is 14.0. The van der Waals surface area contributed by atoms with Crippen molar-refractivity contribution in [1.82, 2.24) is 24.8 Å². The van der Waals surface area contributed by atoms with Crippen molar-refractivity contribution >= 4 is 33.7 Å². The van der Waals surface area contributed by atoms with Gasteiger partial charge in [0.15, 0.2) is 11.2 Å². The first kappa shape index (κ1) is 32.9. The number of hydrogen-bond donors (Lipinski definition) is 4. The van der Waals surface area contributed by atoms with Gasteiger partial charge in [-0.1, -0.05) is 24.3 Å². The number of rotatable bonds is 10. The van der Waals surface area contributed by atoms with Gasteiger partial charge in [0.2, 0.25) is 0 Å². The lowest BCUT2D eigenvalue weighted by atomic mass is 9.84. The van der Waals surface area contributed by atoms with Crippen molar-refractivity contribution in [3.05, 3.63) is 93.7 Å². The molecule has 2 atom stereocenters. The van der Waals surface area contributed by atoms with Crippen LogP contribution in [0.2, 0.25) is 0 Å². The number of fused-ring (bicyclic) bond motifs is 1. The number of benzene rings is 1. The molecular formula is C34H38F3N7O2S. The molecule has 47 heavy (non-hydrogen) atoms. The van der Waals surface area contributed by atoms with Crippen LogP contribution in [0, 0.1) is 5.41 Å². The Labute approximate surface area is 275 Å². The minimum Gasteiger partial charge on any atom is -0.393 e. The molecule has 0 saturated heterocycles. The average Bonchev–Trinajstić information content (AvgIpc) is 3.78. The highest BCUT2D eigenvalue weighted by Gasteiger charge is 2.33. The Morgan fingerprint density at radius 1 is 1.21 bits per heavy atom. The fourth-order valence-corrected chi connectivity index (χ4v) is 7.14. The monoisotopic (exact) mass is 665 g/mol. The van der Waals surface area contributed by atoms with Crippen LogP contribution in [0.25, 0.3) is 5.57 Å². The number of allylic oxidation sites excluding steroid dienone is 5. The van der Waals surface area contributed by atoms with Crippen molar-refractivity contribution in [2.75, 3.05) is 12.4 Å². The van der Waals surface area contributed by atoms with Crippen LogP contribution in [-0.2, 0) is 24.3 Å². The van der Waals surface area contributed by atoms with Crippen LogP contribution in [0.4, 0.5) is 18.3 Å². The third-order valence-corrected chi connectivity index (χ3v) is 9.95. The first-order chi connectivity index (χ1) is 22.6. The molecule has 9 nitrogen and oxygen atoms in total. The number of carbonyl (C=O) groups is 1. The molecule has 0 spiro atoms. The van der Waals surface area contributed by atoms with Gasteiger partial charge < -0.3 is 15.0 Å². The maximum atomic E-state index is 14.6. The van der Waals surface area contributed by atoms with E-state index in [1.165, 1.54) is 29.9 Å². The first-order valence-corrected chi connectivity index (χ1v) is 16.6. The third kappa shape index (κ3) is 7.12. The number of carbonyl (C=O) groups excluding carboxylic acids is 1. The van der Waals surface area contributed by atoms with Gasteiger partial charge in [-0.3, -0.25) is 20.4 Å². The Hall–Kier alpha value is -4.07. The number of hydrogen-bond acceptors (Lipinski definition) is 8. The number of amides is 1. The quantitative estimate of drug-likeness (QED) is 0.217. The lowest BCUT2D eigenvalue weighted by Crippen LogP contribution is -2.35. The number of alkyl halides is 3. The second-order valence-electron chi connectivity index (χ2n) is 12.4. The van der Waals surface area contributed by atoms with Crippen LogP contribution in [0.5, 0.6) is 0 Å². The van der Waals surface area contributed by atoms with Crippen molar-refractivity contribution in [3.8, 4) is 0 Å². The molecule has 13 heteroatoms. The number of anilines is 1. The lowest BCUT2D eigenvalue weighted by molar-refractivity contribution is -0.118. The molecule has 1 aliphatic heterocycles. The zero-order valence-electron chi connectivity index (χ0n) is 26.2. The fraction of sp³-hybridized carbons (Fsp3) is 0.412. The molecule has 1 unspecified atom stereocenters. The van der Waals surface area contributed by atoms with E-state index in [0.717, 1.165) is 43.4 Å². The molecule has 248 valence electrons. The van der Waals surface area contributed by atoms with Crippen molar-refractivity contribution < 1.29 is 23.1 Å². The molecule has 1 aromatic carbocycles. The number of halogens is 3. The SMILES string of the molecule is CC1=C(c2ccc(CN(C)C3CCC(O)CC3)cc2)C=C(C(F)F)/C(=C/NC(C(=O)Nc2nccs2)c2ncn3c2C[C@@H](F)C3)C1=N. The summed E-state index contributed by atoms with van der Waals surface area (Å²) in [6.45, 7) is 2.58. The van der Waals surface area contributed by atoms with Crippen LogP contribution in [0.15, 0.2) is 71.2 Å². The Kier molecular flexibility index (Phi) is 9.76. The smallest absolute Gasteiger partial charge is 0.264 e. The van der Waals surface area contributed by atoms with Crippen LogP contribution < -0.4 is 10.6 Å². The third-order valence-electron chi connectivity index (χ3n) is 9.26. The van der Waals surface area contributed by atoms with Crippen LogP contribution in [0.1, 0.15) is 61.2 Å². The summed E-state index contributed by atoms with van der Waals surface area (Å²) in [6.07, 6.45) is 5.09. The number of nitrogens with one attached hydrogen (secondary N) is 3. The van der Waals surface area contributed by atoms with Gasteiger partial charge in [0.1, 0.15) is 6.17 Å². The summed E-state index contributed by atoms with van der Waals surface area (Å²) in [6, 6.07) is 7.01. The lowest BCUT2D eigenvalue weighted by Gasteiger charge is -2.33. The van der Waals surface area contributed by atoms with Gasteiger partial charge in [-0.15, -0.1) is 11.3 Å². The predicted molar refractivity (Wildman–Crippen MR) is 176 cm³/mol. The molecule has 1 fully saturated rings. The summed E-state index contributed by atoms with van der Waals surface area (Å²) < 4.78 is 45.0. The molecule has 3 aliphatic rings. The minimum atomic E-state index is -2.89. The first-order valence-electron chi connectivity index (χ1n) is 15.7. The fourth-order valence-electron chi connectivity index (χ4n) is 6.60. The number of imidazole rings is 1. The normalized spacial score (nSPS) is 23.0. The molecule has 4 N–H and O–H groups in total. The van der Waals surface area contributed by atoms with E-state index in [0.29, 0.717) is 33.7 Å². The van der Waals surface area contributed by atoms with Crippen LogP contribution in [0.3, 0.4) is 0 Å². The molecular weight excluding hydrogens is 627 g/mol. The summed E-state index contributed by atoms with van der Waals surface area (Å²) >= 11 is 1.22. The van der Waals surface area contributed by atoms with Gasteiger partial charge in [0.25, 0.3) is 12.3 Å². The summed E-state index contributed by atoms with van der Waals surface area (Å²) in [4.78, 5) is 24.2. The highest BCUT2D eigenvalue weighted by molar-refractivity contribution is 7.13. The van der Waals surface area contributed by atoms with Gasteiger partial charge in [-0.2, -0.15) is 0 Å². The molecule has 2 aliphatic carbocycles. The summed E-state index contributed by atoms with van der Waals surface area (Å²) in [5.41, 5.74) is 3.22. The summed E-state index contributed by atoms with van der Waals surface area (Å²) in [5, 5.41) is 26.4. The molecule has 6 rings (SSSR count). The van der Waals surface area contributed by atoms with E-state index in [-0.39, 0.29) is 35.9 Å². The molecule has 3 aromatic rings. The van der Waals surface area contributed by atoms with E-state index >= 15 is 0 Å². The standard InChI is InChI=1S/C34H38F3N7O2S/c1-19-25(21-5-3-20(4-6-21)16-43(2)23-7-9-24(45)10-8-23)14-26(32(36)37)27(29(19)38)15-40-31(33(46)42-34-39-11-12-47-34)30-28-13-22(35)17-44(28)18-41-30/h3-6,11-12,14-15,18,22-24,31-32,38,40,45H,7-10,13,16-17H2,1-2H3,(H,39,42,46)/b27-15-,38-29?/t22-,23?,24?,31?/m1/s1. The maximum absolute atomic E-state index is 14.6. The highest BCUT2D eigenvalue weighted by atomic mass is 32.1. The molecule has 0 radical (unpaired) electrons. The minimum absolute atomic E-state index is 0.0385. The second-order valence-corrected chi connectivity index (χ2v) is 13.3. The predicted octanol–water partition coefficient (Wildman–Crippen LogP) is 5.82. The Balaban J connectivity index is 1.23.